The number of aromatic carboxylic acids is 1. The van der Waals surface area contributed by atoms with Gasteiger partial charge in [-0.25, -0.2) is 13.6 Å². The highest BCUT2D eigenvalue weighted by Crippen LogP contribution is 2.40. The maximum absolute atomic E-state index is 15.6. The number of benzene rings is 1. The Morgan fingerprint density at radius 1 is 1.33 bits per heavy atom. The molecule has 4 rings (SSSR count). The third-order valence-corrected chi connectivity index (χ3v) is 5.76. The number of rotatable bonds is 6. The molecule has 1 saturated heterocycles. The average molecular weight is 422 g/mol. The van der Waals surface area contributed by atoms with Crippen molar-refractivity contribution in [1.29, 1.82) is 0 Å². The minimum Gasteiger partial charge on any atom is -0.477 e. The van der Waals surface area contributed by atoms with Gasteiger partial charge in [-0.15, -0.1) is 0 Å². The van der Waals surface area contributed by atoms with Gasteiger partial charge >= 0.3 is 5.97 Å². The first-order valence-electron chi connectivity index (χ1n) is 9.93. The molecular weight excluding hydrogens is 398 g/mol. The van der Waals surface area contributed by atoms with E-state index in [1.54, 1.807) is 6.92 Å². The molecule has 2 heterocycles. The number of carboxylic acids is 1. The lowest BCUT2D eigenvalue weighted by atomic mass is 10.1. The van der Waals surface area contributed by atoms with E-state index in [0.29, 0.717) is 13.0 Å². The molecule has 5 N–H and O–H groups in total. The van der Waals surface area contributed by atoms with E-state index in [1.807, 2.05) is 0 Å². The van der Waals surface area contributed by atoms with E-state index < -0.39 is 40.9 Å². The zero-order valence-corrected chi connectivity index (χ0v) is 16.4. The average Bonchev–Trinajstić information content (AvgIpc) is 3.42. The molecule has 1 aromatic carbocycles. The van der Waals surface area contributed by atoms with Crippen molar-refractivity contribution in [3.8, 4) is 0 Å². The van der Waals surface area contributed by atoms with Gasteiger partial charge < -0.3 is 25.4 Å². The van der Waals surface area contributed by atoms with Crippen molar-refractivity contribution in [2.45, 2.75) is 50.5 Å². The fourth-order valence-electron chi connectivity index (χ4n) is 4.01. The third kappa shape index (κ3) is 3.55. The highest BCUT2D eigenvalue weighted by atomic mass is 19.1. The Hall–Kier alpha value is -2.56. The number of pyridine rings is 1. The first kappa shape index (κ1) is 20.7. The zero-order chi connectivity index (χ0) is 21.7. The Morgan fingerprint density at radius 3 is 2.63 bits per heavy atom. The van der Waals surface area contributed by atoms with Gasteiger partial charge in [-0.05, 0) is 32.3 Å². The smallest absolute Gasteiger partial charge is 0.341 e. The topological polar surface area (TPSA) is 121 Å². The Morgan fingerprint density at radius 2 is 2.03 bits per heavy atom. The number of hydrogen-bond acceptors (Lipinski definition) is 6. The molecule has 1 aromatic heterocycles. The van der Waals surface area contributed by atoms with Gasteiger partial charge in [0.05, 0.1) is 10.9 Å². The summed E-state index contributed by atoms with van der Waals surface area (Å²) >= 11 is 0. The molecule has 3 unspecified atom stereocenters. The van der Waals surface area contributed by atoms with Crippen LogP contribution in [0.1, 0.15) is 42.6 Å². The van der Waals surface area contributed by atoms with E-state index in [-0.39, 0.29) is 35.2 Å². The zero-order valence-electron chi connectivity index (χ0n) is 16.4. The number of aliphatic hydroxyl groups is 1. The van der Waals surface area contributed by atoms with Crippen molar-refractivity contribution in [3.63, 3.8) is 0 Å². The summed E-state index contributed by atoms with van der Waals surface area (Å²) in [4.78, 5) is 25.5. The molecular formula is C20H24F2N4O4. The van der Waals surface area contributed by atoms with Crippen LogP contribution in [0.4, 0.5) is 14.5 Å². The van der Waals surface area contributed by atoms with Crippen LogP contribution in [0.5, 0.6) is 0 Å². The highest BCUT2D eigenvalue weighted by molar-refractivity contribution is 5.94. The first-order valence-corrected chi connectivity index (χ1v) is 9.93. The molecule has 3 atom stereocenters. The second-order valence-corrected chi connectivity index (χ2v) is 8.13. The van der Waals surface area contributed by atoms with Crippen LogP contribution in [0.15, 0.2) is 17.1 Å². The van der Waals surface area contributed by atoms with Crippen LogP contribution < -0.4 is 21.4 Å². The lowest BCUT2D eigenvalue weighted by Crippen LogP contribution is -2.48. The summed E-state index contributed by atoms with van der Waals surface area (Å²) in [5.74, 6) is -3.22. The number of aromatic nitrogens is 1. The molecule has 30 heavy (non-hydrogen) atoms. The lowest BCUT2D eigenvalue weighted by molar-refractivity contribution is 0.0694. The van der Waals surface area contributed by atoms with Crippen molar-refractivity contribution >= 4 is 22.6 Å². The molecule has 0 bridgehead atoms. The van der Waals surface area contributed by atoms with Gasteiger partial charge in [0, 0.05) is 37.4 Å². The SMILES string of the molecule is CC(N)C(O)NC1CCN(c2c(F)cc3c(=O)c(C(=O)O)cn(C4CC4)c3c2F)C1. The Bertz CT molecular complexity index is 1070. The van der Waals surface area contributed by atoms with Crippen molar-refractivity contribution in [1.82, 2.24) is 9.88 Å². The molecule has 0 amide bonds. The normalized spacial score (nSPS) is 21.2. The number of nitrogens with one attached hydrogen (secondary N) is 1. The first-order chi connectivity index (χ1) is 14.2. The van der Waals surface area contributed by atoms with Crippen molar-refractivity contribution in [2.75, 3.05) is 18.0 Å². The van der Waals surface area contributed by atoms with Crippen LogP contribution in [0.25, 0.3) is 10.9 Å². The molecule has 1 aliphatic carbocycles. The predicted octanol–water partition coefficient (Wildman–Crippen LogP) is 1.15. The molecule has 2 aromatic rings. The van der Waals surface area contributed by atoms with Crippen molar-refractivity contribution in [2.24, 2.45) is 5.73 Å². The number of aliphatic hydroxyl groups excluding tert-OH is 1. The molecule has 1 saturated carbocycles. The minimum absolute atomic E-state index is 0.0732. The standard InChI is InChI=1S/C20H24F2N4O4/c1-9(23)19(28)24-10-4-5-25(7-10)17-14(21)6-12-16(15(17)22)26(11-2-3-11)8-13(18(12)27)20(29)30/h6,8-11,19,24,28H,2-5,7,23H2,1H3,(H,29,30). The number of carbonyl (C=O) groups is 1. The van der Waals surface area contributed by atoms with Gasteiger partial charge in [-0.3, -0.25) is 10.1 Å². The quantitative estimate of drug-likeness (QED) is 0.515. The molecule has 10 heteroatoms. The fourth-order valence-corrected chi connectivity index (χ4v) is 4.01. The van der Waals surface area contributed by atoms with Crippen LogP contribution >= 0.6 is 0 Å². The van der Waals surface area contributed by atoms with E-state index in [4.69, 9.17) is 5.73 Å². The van der Waals surface area contributed by atoms with Crippen molar-refractivity contribution < 1.29 is 23.8 Å². The maximum Gasteiger partial charge on any atom is 0.341 e. The Balaban J connectivity index is 1.77. The summed E-state index contributed by atoms with van der Waals surface area (Å²) in [5, 5.41) is 21.9. The maximum atomic E-state index is 15.6. The predicted molar refractivity (Wildman–Crippen MR) is 107 cm³/mol. The number of halogens is 2. The summed E-state index contributed by atoms with van der Waals surface area (Å²) in [7, 11) is 0. The molecule has 0 spiro atoms. The number of nitrogens with zero attached hydrogens (tertiary/aromatic N) is 2. The highest BCUT2D eigenvalue weighted by Gasteiger charge is 2.33. The monoisotopic (exact) mass is 422 g/mol. The molecule has 2 aliphatic rings. The van der Waals surface area contributed by atoms with Gasteiger partial charge in [0.2, 0.25) is 5.43 Å². The van der Waals surface area contributed by atoms with Gasteiger partial charge in [-0.1, -0.05) is 0 Å². The molecule has 0 radical (unpaired) electrons. The summed E-state index contributed by atoms with van der Waals surface area (Å²) in [5.41, 5.74) is 3.92. The third-order valence-electron chi connectivity index (χ3n) is 5.76. The molecule has 162 valence electrons. The molecule has 2 fully saturated rings. The minimum atomic E-state index is -1.43. The number of nitrogens with two attached hydrogens (primary N) is 1. The van der Waals surface area contributed by atoms with E-state index in [9.17, 15) is 24.2 Å². The van der Waals surface area contributed by atoms with E-state index in [1.165, 1.54) is 9.47 Å². The van der Waals surface area contributed by atoms with Crippen LogP contribution in [-0.4, -0.2) is 52.2 Å². The van der Waals surface area contributed by atoms with Crippen molar-refractivity contribution in [3.05, 3.63) is 39.7 Å². The summed E-state index contributed by atoms with van der Waals surface area (Å²) < 4.78 is 32.0. The van der Waals surface area contributed by atoms with Crippen LogP contribution in [-0.2, 0) is 0 Å². The summed E-state index contributed by atoms with van der Waals surface area (Å²) in [6, 6.07) is 0.109. The van der Waals surface area contributed by atoms with Crippen LogP contribution in [0.3, 0.4) is 0 Å². The number of carboxylic acid groups (broad SMARTS) is 1. The van der Waals surface area contributed by atoms with Gasteiger partial charge in [0.1, 0.15) is 23.3 Å². The summed E-state index contributed by atoms with van der Waals surface area (Å²) in [6.45, 7) is 2.25. The van der Waals surface area contributed by atoms with Gasteiger partial charge in [-0.2, -0.15) is 0 Å². The van der Waals surface area contributed by atoms with Gasteiger partial charge in [0.15, 0.2) is 5.82 Å². The van der Waals surface area contributed by atoms with Gasteiger partial charge in [0.25, 0.3) is 0 Å². The van der Waals surface area contributed by atoms with E-state index in [2.05, 4.69) is 5.32 Å². The fraction of sp³-hybridized carbons (Fsp3) is 0.500. The lowest BCUT2D eigenvalue weighted by Gasteiger charge is -2.24. The summed E-state index contributed by atoms with van der Waals surface area (Å²) in [6.07, 6.45) is 2.23. The van der Waals surface area contributed by atoms with Crippen LogP contribution in [0, 0.1) is 11.6 Å². The second-order valence-electron chi connectivity index (χ2n) is 8.13. The number of hydrogen-bond donors (Lipinski definition) is 4. The van der Waals surface area contributed by atoms with Crippen LogP contribution in [0.2, 0.25) is 0 Å². The number of fused-ring (bicyclic) bond motifs is 1. The molecule has 8 nitrogen and oxygen atoms in total. The molecule has 1 aliphatic heterocycles. The van der Waals surface area contributed by atoms with E-state index in [0.717, 1.165) is 25.1 Å². The Kier molecular flexibility index (Phi) is 5.25. The second kappa shape index (κ2) is 7.60. The largest absolute Gasteiger partial charge is 0.477 e. The number of anilines is 1. The van der Waals surface area contributed by atoms with E-state index >= 15 is 4.39 Å². The Labute approximate surface area is 170 Å².